The molecule has 0 atom stereocenters. The van der Waals surface area contributed by atoms with Crippen LogP contribution in [-0.2, 0) is 16.0 Å². The molecule has 0 unspecified atom stereocenters. The second-order valence-electron chi connectivity index (χ2n) is 5.51. The van der Waals surface area contributed by atoms with Gasteiger partial charge in [0.25, 0.3) is 0 Å². The number of rotatable bonds is 8. The molecular formula is C19H21ClN2O4. The maximum atomic E-state index is 12.0. The second kappa shape index (κ2) is 9.68. The molecule has 0 saturated carbocycles. The minimum atomic E-state index is -0.306. The van der Waals surface area contributed by atoms with Gasteiger partial charge in [0, 0.05) is 17.1 Å². The highest BCUT2D eigenvalue weighted by Gasteiger charge is 2.10. The zero-order valence-electron chi connectivity index (χ0n) is 14.7. The van der Waals surface area contributed by atoms with Crippen LogP contribution in [0.1, 0.15) is 12.0 Å². The molecule has 0 aliphatic rings. The maximum absolute atomic E-state index is 12.0. The van der Waals surface area contributed by atoms with Gasteiger partial charge in [0.05, 0.1) is 20.8 Å². The van der Waals surface area contributed by atoms with E-state index in [0.29, 0.717) is 28.6 Å². The number of nitrogens with one attached hydrogen (secondary N) is 2. The second-order valence-corrected chi connectivity index (χ2v) is 5.95. The summed E-state index contributed by atoms with van der Waals surface area (Å²) in [6.07, 6.45) is 0.711. The lowest BCUT2D eigenvalue weighted by atomic mass is 10.1. The predicted octanol–water partition coefficient (Wildman–Crippen LogP) is 3.04. The summed E-state index contributed by atoms with van der Waals surface area (Å²) in [7, 11) is 3.16. The van der Waals surface area contributed by atoms with Crippen molar-refractivity contribution in [1.29, 1.82) is 0 Å². The molecule has 0 heterocycles. The van der Waals surface area contributed by atoms with Crippen LogP contribution in [0.3, 0.4) is 0 Å². The van der Waals surface area contributed by atoms with Crippen molar-refractivity contribution >= 4 is 29.1 Å². The van der Waals surface area contributed by atoms with Gasteiger partial charge in [-0.3, -0.25) is 9.59 Å². The molecule has 0 aliphatic heterocycles. The first-order valence-electron chi connectivity index (χ1n) is 8.05. The van der Waals surface area contributed by atoms with Crippen LogP contribution in [0.5, 0.6) is 11.5 Å². The van der Waals surface area contributed by atoms with Crippen molar-refractivity contribution in [3.63, 3.8) is 0 Å². The van der Waals surface area contributed by atoms with Crippen molar-refractivity contribution in [2.75, 3.05) is 26.1 Å². The highest BCUT2D eigenvalue weighted by atomic mass is 35.5. The van der Waals surface area contributed by atoms with E-state index in [1.807, 2.05) is 6.07 Å². The topological polar surface area (TPSA) is 76.7 Å². The normalized spacial score (nSPS) is 10.1. The molecule has 138 valence electrons. The summed E-state index contributed by atoms with van der Waals surface area (Å²) in [5, 5.41) is 5.87. The lowest BCUT2D eigenvalue weighted by molar-refractivity contribution is -0.124. The van der Waals surface area contributed by atoms with Crippen molar-refractivity contribution in [3.05, 3.63) is 53.1 Å². The minimum absolute atomic E-state index is 0.100. The number of amides is 2. The van der Waals surface area contributed by atoms with Crippen LogP contribution in [-0.4, -0.2) is 32.6 Å². The Morgan fingerprint density at radius 1 is 1.00 bits per heavy atom. The lowest BCUT2D eigenvalue weighted by Gasteiger charge is -2.11. The van der Waals surface area contributed by atoms with E-state index in [4.69, 9.17) is 21.1 Å². The number of hydrogen-bond donors (Lipinski definition) is 2. The van der Waals surface area contributed by atoms with E-state index < -0.39 is 0 Å². The number of aryl methyl sites for hydroxylation is 1. The Morgan fingerprint density at radius 2 is 1.73 bits per heavy atom. The number of benzene rings is 2. The van der Waals surface area contributed by atoms with Crippen molar-refractivity contribution in [1.82, 2.24) is 5.32 Å². The maximum Gasteiger partial charge on any atom is 0.243 e. The van der Waals surface area contributed by atoms with Gasteiger partial charge in [0.15, 0.2) is 0 Å². The molecule has 0 aliphatic carbocycles. The summed E-state index contributed by atoms with van der Waals surface area (Å²) in [5.74, 6) is 0.864. The third-order valence-corrected chi connectivity index (χ3v) is 3.94. The van der Waals surface area contributed by atoms with E-state index in [-0.39, 0.29) is 24.8 Å². The summed E-state index contributed by atoms with van der Waals surface area (Å²) < 4.78 is 10.5. The van der Waals surface area contributed by atoms with E-state index in [2.05, 4.69) is 10.6 Å². The number of hydrogen-bond acceptors (Lipinski definition) is 4. The standard InChI is InChI=1S/C19H21ClN2O4/c1-25-16-8-9-17(26-2)13(11-16)3-10-18(23)21-12-19(24)22-15-6-4-14(20)5-7-15/h4-9,11H,3,10,12H2,1-2H3,(H,21,23)(H,22,24). The Balaban J connectivity index is 1.80. The van der Waals surface area contributed by atoms with E-state index in [9.17, 15) is 9.59 Å². The number of ether oxygens (including phenoxy) is 2. The molecular weight excluding hydrogens is 356 g/mol. The summed E-state index contributed by atoms with van der Waals surface area (Å²) in [6, 6.07) is 12.2. The van der Waals surface area contributed by atoms with E-state index in [1.54, 1.807) is 50.6 Å². The molecule has 0 aromatic heterocycles. The molecule has 2 amide bonds. The molecule has 0 saturated heterocycles. The van der Waals surface area contributed by atoms with Crippen LogP contribution in [0.25, 0.3) is 0 Å². The van der Waals surface area contributed by atoms with Crippen LogP contribution in [0, 0.1) is 0 Å². The van der Waals surface area contributed by atoms with Crippen LogP contribution in [0.15, 0.2) is 42.5 Å². The summed E-state index contributed by atoms with van der Waals surface area (Å²) >= 11 is 5.79. The fraction of sp³-hybridized carbons (Fsp3) is 0.263. The Kier molecular flexibility index (Phi) is 7.29. The third kappa shape index (κ3) is 5.97. The smallest absolute Gasteiger partial charge is 0.243 e. The number of anilines is 1. The van der Waals surface area contributed by atoms with Gasteiger partial charge < -0.3 is 20.1 Å². The summed E-state index contributed by atoms with van der Waals surface area (Å²) in [5.41, 5.74) is 1.49. The fourth-order valence-corrected chi connectivity index (χ4v) is 2.46. The molecule has 0 spiro atoms. The van der Waals surface area contributed by atoms with E-state index >= 15 is 0 Å². The first-order chi connectivity index (χ1) is 12.5. The monoisotopic (exact) mass is 376 g/mol. The van der Waals surface area contributed by atoms with Crippen molar-refractivity contribution in [3.8, 4) is 11.5 Å². The molecule has 0 bridgehead atoms. The average Bonchev–Trinajstić information content (AvgIpc) is 2.66. The van der Waals surface area contributed by atoms with Gasteiger partial charge in [-0.1, -0.05) is 11.6 Å². The van der Waals surface area contributed by atoms with Gasteiger partial charge in [-0.25, -0.2) is 0 Å². The van der Waals surface area contributed by atoms with Gasteiger partial charge in [0.1, 0.15) is 11.5 Å². The quantitative estimate of drug-likeness (QED) is 0.742. The predicted molar refractivity (Wildman–Crippen MR) is 101 cm³/mol. The largest absolute Gasteiger partial charge is 0.497 e. The van der Waals surface area contributed by atoms with Gasteiger partial charge >= 0.3 is 0 Å². The van der Waals surface area contributed by atoms with Crippen molar-refractivity contribution < 1.29 is 19.1 Å². The molecule has 2 aromatic carbocycles. The first-order valence-corrected chi connectivity index (χ1v) is 8.42. The third-order valence-electron chi connectivity index (χ3n) is 3.68. The number of carbonyl (C=O) groups is 2. The lowest BCUT2D eigenvalue weighted by Crippen LogP contribution is -2.32. The van der Waals surface area contributed by atoms with Crippen molar-refractivity contribution in [2.24, 2.45) is 0 Å². The summed E-state index contributed by atoms with van der Waals surface area (Å²) in [6.45, 7) is -0.100. The fourth-order valence-electron chi connectivity index (χ4n) is 2.33. The van der Waals surface area contributed by atoms with Crippen molar-refractivity contribution in [2.45, 2.75) is 12.8 Å². The number of carbonyl (C=O) groups excluding carboxylic acids is 2. The number of methoxy groups -OCH3 is 2. The van der Waals surface area contributed by atoms with Crippen LogP contribution < -0.4 is 20.1 Å². The zero-order chi connectivity index (χ0) is 18.9. The molecule has 7 heteroatoms. The van der Waals surface area contributed by atoms with Gasteiger partial charge in [-0.15, -0.1) is 0 Å². The summed E-state index contributed by atoms with van der Waals surface area (Å²) in [4.78, 5) is 23.9. The Bertz CT molecular complexity index is 763. The molecule has 2 aromatic rings. The van der Waals surface area contributed by atoms with Gasteiger partial charge in [0.2, 0.25) is 11.8 Å². The molecule has 2 rings (SSSR count). The van der Waals surface area contributed by atoms with Gasteiger partial charge in [-0.2, -0.15) is 0 Å². The van der Waals surface area contributed by atoms with E-state index in [0.717, 1.165) is 5.56 Å². The van der Waals surface area contributed by atoms with Crippen LogP contribution in [0.2, 0.25) is 5.02 Å². The Hall–Kier alpha value is -2.73. The first kappa shape index (κ1) is 19.6. The Labute approximate surface area is 157 Å². The van der Waals surface area contributed by atoms with Crippen LogP contribution in [0.4, 0.5) is 5.69 Å². The highest BCUT2D eigenvalue weighted by Crippen LogP contribution is 2.25. The zero-order valence-corrected chi connectivity index (χ0v) is 15.4. The SMILES string of the molecule is COc1ccc(OC)c(CCC(=O)NCC(=O)Nc2ccc(Cl)cc2)c1. The molecule has 0 fully saturated rings. The molecule has 26 heavy (non-hydrogen) atoms. The Morgan fingerprint density at radius 3 is 2.38 bits per heavy atom. The molecule has 6 nitrogen and oxygen atoms in total. The van der Waals surface area contributed by atoms with E-state index in [1.165, 1.54) is 0 Å². The number of halogens is 1. The minimum Gasteiger partial charge on any atom is -0.497 e. The molecule has 2 N–H and O–H groups in total. The highest BCUT2D eigenvalue weighted by molar-refractivity contribution is 6.30. The molecule has 0 radical (unpaired) electrons. The van der Waals surface area contributed by atoms with Crippen LogP contribution >= 0.6 is 11.6 Å². The van der Waals surface area contributed by atoms with Gasteiger partial charge in [-0.05, 0) is 54.4 Å². The average molecular weight is 377 g/mol.